The summed E-state index contributed by atoms with van der Waals surface area (Å²) in [6.45, 7) is 3.47. The molecule has 1 rings (SSSR count). The van der Waals surface area contributed by atoms with E-state index >= 15 is 0 Å². The summed E-state index contributed by atoms with van der Waals surface area (Å²) in [7, 11) is 1.04. The maximum atomic E-state index is 12.3. The van der Waals surface area contributed by atoms with Gasteiger partial charge in [0.1, 0.15) is 0 Å². The number of benzene rings is 1. The van der Waals surface area contributed by atoms with Crippen molar-refractivity contribution in [1.29, 1.82) is 0 Å². The van der Waals surface area contributed by atoms with Crippen molar-refractivity contribution in [1.82, 2.24) is 5.32 Å². The fraction of sp³-hybridized carbons (Fsp3) is 0.385. The van der Waals surface area contributed by atoms with E-state index in [0.29, 0.717) is 0 Å². The van der Waals surface area contributed by atoms with Gasteiger partial charge in [0, 0.05) is 0 Å². The molecule has 0 bridgehead atoms. The minimum absolute atomic E-state index is 0.243. The second kappa shape index (κ2) is 5.94. The van der Waals surface area contributed by atoms with E-state index in [4.69, 9.17) is 0 Å². The van der Waals surface area contributed by atoms with Crippen molar-refractivity contribution < 1.29 is 27.5 Å². The van der Waals surface area contributed by atoms with E-state index in [2.05, 4.69) is 4.74 Å². The highest BCUT2D eigenvalue weighted by Gasteiger charge is 2.41. The van der Waals surface area contributed by atoms with Crippen LogP contribution in [-0.2, 0) is 14.3 Å². The normalized spacial score (nSPS) is 12.7. The number of esters is 1. The van der Waals surface area contributed by atoms with E-state index in [1.54, 1.807) is 25.2 Å². The lowest BCUT2D eigenvalue weighted by Gasteiger charge is -2.18. The molecule has 1 aromatic rings. The standard InChI is InChI=1S/C13H14F3NO3/c1-7-4-8(2)6-9(5-7)10(11(18)20-3)17-12(19)13(14,15)16/h4-6,10H,1-3H3,(H,17,19)/t10-/m1/s1. The summed E-state index contributed by atoms with van der Waals surface area (Å²) < 4.78 is 41.3. The topological polar surface area (TPSA) is 55.4 Å². The second-order valence-electron chi connectivity index (χ2n) is 4.35. The van der Waals surface area contributed by atoms with Gasteiger partial charge in [0.15, 0.2) is 6.04 Å². The fourth-order valence-corrected chi connectivity index (χ4v) is 1.79. The van der Waals surface area contributed by atoms with E-state index in [9.17, 15) is 22.8 Å². The average molecular weight is 289 g/mol. The van der Waals surface area contributed by atoms with Crippen molar-refractivity contribution in [2.45, 2.75) is 26.1 Å². The Morgan fingerprint density at radius 1 is 1.15 bits per heavy atom. The lowest BCUT2D eigenvalue weighted by atomic mass is 10.0. The Morgan fingerprint density at radius 2 is 1.65 bits per heavy atom. The Morgan fingerprint density at radius 3 is 2.05 bits per heavy atom. The maximum absolute atomic E-state index is 12.3. The van der Waals surface area contributed by atoms with Crippen LogP contribution in [0.3, 0.4) is 0 Å². The second-order valence-corrected chi connectivity index (χ2v) is 4.35. The molecule has 0 spiro atoms. The minimum atomic E-state index is -5.06. The summed E-state index contributed by atoms with van der Waals surface area (Å²) in [4.78, 5) is 22.6. The van der Waals surface area contributed by atoms with Crippen molar-refractivity contribution in [2.24, 2.45) is 0 Å². The predicted octanol–water partition coefficient (Wildman–Crippen LogP) is 2.20. The molecule has 0 heterocycles. The number of methoxy groups -OCH3 is 1. The van der Waals surface area contributed by atoms with Crippen molar-refractivity contribution in [2.75, 3.05) is 7.11 Å². The molecule has 0 aromatic heterocycles. The summed E-state index contributed by atoms with van der Waals surface area (Å²) in [5, 5.41) is 1.64. The predicted molar refractivity (Wildman–Crippen MR) is 64.9 cm³/mol. The molecular formula is C13H14F3NO3. The molecule has 0 fully saturated rings. The summed E-state index contributed by atoms with van der Waals surface area (Å²) in [6, 6.07) is 3.34. The zero-order chi connectivity index (χ0) is 15.5. The molecule has 0 aliphatic heterocycles. The molecule has 0 aliphatic rings. The first kappa shape index (κ1) is 16.0. The monoisotopic (exact) mass is 289 g/mol. The van der Waals surface area contributed by atoms with Crippen molar-refractivity contribution in [3.63, 3.8) is 0 Å². The minimum Gasteiger partial charge on any atom is -0.467 e. The van der Waals surface area contributed by atoms with Crippen LogP contribution in [-0.4, -0.2) is 25.2 Å². The fourth-order valence-electron chi connectivity index (χ4n) is 1.79. The Balaban J connectivity index is 3.13. The summed E-state index contributed by atoms with van der Waals surface area (Å²) in [6.07, 6.45) is -5.06. The van der Waals surface area contributed by atoms with Crippen molar-refractivity contribution in [3.05, 3.63) is 34.9 Å². The smallest absolute Gasteiger partial charge is 0.467 e. The van der Waals surface area contributed by atoms with E-state index in [1.807, 2.05) is 0 Å². The number of ether oxygens (including phenoxy) is 1. The quantitative estimate of drug-likeness (QED) is 0.868. The highest BCUT2D eigenvalue weighted by Crippen LogP contribution is 2.21. The Hall–Kier alpha value is -2.05. The molecule has 0 saturated heterocycles. The van der Waals surface area contributed by atoms with E-state index in [-0.39, 0.29) is 5.56 Å². The molecule has 20 heavy (non-hydrogen) atoms. The van der Waals surface area contributed by atoms with Crippen LogP contribution in [0.15, 0.2) is 18.2 Å². The molecule has 0 radical (unpaired) electrons. The lowest BCUT2D eigenvalue weighted by Crippen LogP contribution is -2.42. The van der Waals surface area contributed by atoms with Crippen LogP contribution in [0.2, 0.25) is 0 Å². The van der Waals surface area contributed by atoms with Gasteiger partial charge in [0.25, 0.3) is 0 Å². The van der Waals surface area contributed by atoms with Crippen LogP contribution in [0.4, 0.5) is 13.2 Å². The highest BCUT2D eigenvalue weighted by molar-refractivity contribution is 5.88. The Kier molecular flexibility index (Phi) is 4.75. The third kappa shape index (κ3) is 3.97. The first-order valence-corrected chi connectivity index (χ1v) is 5.69. The SMILES string of the molecule is COC(=O)[C@H](NC(=O)C(F)(F)F)c1cc(C)cc(C)c1. The van der Waals surface area contributed by atoms with Gasteiger partial charge in [-0.3, -0.25) is 4.79 Å². The van der Waals surface area contributed by atoms with Crippen LogP contribution in [0.25, 0.3) is 0 Å². The van der Waals surface area contributed by atoms with Gasteiger partial charge in [-0.05, 0) is 19.4 Å². The molecule has 0 aliphatic carbocycles. The lowest BCUT2D eigenvalue weighted by molar-refractivity contribution is -0.175. The maximum Gasteiger partial charge on any atom is 0.471 e. The number of amides is 1. The van der Waals surface area contributed by atoms with E-state index < -0.39 is 24.1 Å². The third-order valence-corrected chi connectivity index (χ3v) is 2.55. The molecule has 0 unspecified atom stereocenters. The van der Waals surface area contributed by atoms with Crippen LogP contribution >= 0.6 is 0 Å². The zero-order valence-corrected chi connectivity index (χ0v) is 11.2. The molecule has 1 atom stereocenters. The van der Waals surface area contributed by atoms with Gasteiger partial charge in [0.05, 0.1) is 7.11 Å². The number of aryl methyl sites for hydroxylation is 2. The summed E-state index contributed by atoms with van der Waals surface area (Å²) in [5.74, 6) is -3.15. The molecule has 1 N–H and O–H groups in total. The number of hydrogen-bond donors (Lipinski definition) is 1. The van der Waals surface area contributed by atoms with Crippen LogP contribution in [0.5, 0.6) is 0 Å². The van der Waals surface area contributed by atoms with E-state index in [0.717, 1.165) is 18.2 Å². The number of carbonyl (C=O) groups excluding carboxylic acids is 2. The van der Waals surface area contributed by atoms with E-state index in [1.165, 1.54) is 12.1 Å². The molecule has 1 aromatic carbocycles. The average Bonchev–Trinajstić information content (AvgIpc) is 2.32. The largest absolute Gasteiger partial charge is 0.471 e. The van der Waals surface area contributed by atoms with Crippen molar-refractivity contribution in [3.8, 4) is 0 Å². The first-order chi connectivity index (χ1) is 9.15. The number of hydrogen-bond acceptors (Lipinski definition) is 3. The van der Waals surface area contributed by atoms with Crippen LogP contribution < -0.4 is 5.32 Å². The zero-order valence-electron chi connectivity index (χ0n) is 11.2. The first-order valence-electron chi connectivity index (χ1n) is 5.69. The van der Waals surface area contributed by atoms with Crippen LogP contribution in [0, 0.1) is 13.8 Å². The van der Waals surface area contributed by atoms with Gasteiger partial charge < -0.3 is 10.1 Å². The molecule has 110 valence electrons. The van der Waals surface area contributed by atoms with Gasteiger partial charge in [-0.2, -0.15) is 13.2 Å². The van der Waals surface area contributed by atoms with Gasteiger partial charge in [0.2, 0.25) is 0 Å². The number of carbonyl (C=O) groups is 2. The summed E-state index contributed by atoms with van der Waals surface area (Å²) in [5.41, 5.74) is 1.76. The molecule has 7 heteroatoms. The Bertz CT molecular complexity index is 506. The van der Waals surface area contributed by atoms with Crippen LogP contribution in [0.1, 0.15) is 22.7 Å². The Labute approximate surface area is 113 Å². The third-order valence-electron chi connectivity index (χ3n) is 2.55. The number of halogens is 3. The van der Waals surface area contributed by atoms with Gasteiger partial charge >= 0.3 is 18.1 Å². The van der Waals surface area contributed by atoms with Gasteiger partial charge in [-0.15, -0.1) is 0 Å². The van der Waals surface area contributed by atoms with Gasteiger partial charge in [-0.25, -0.2) is 4.79 Å². The summed E-state index contributed by atoms with van der Waals surface area (Å²) >= 11 is 0. The van der Waals surface area contributed by atoms with Crippen molar-refractivity contribution >= 4 is 11.9 Å². The number of alkyl halides is 3. The molecule has 4 nitrogen and oxygen atoms in total. The number of nitrogens with one attached hydrogen (secondary N) is 1. The number of rotatable bonds is 3. The molecule has 1 amide bonds. The highest BCUT2D eigenvalue weighted by atomic mass is 19.4. The molecular weight excluding hydrogens is 275 g/mol. The van der Waals surface area contributed by atoms with Gasteiger partial charge in [-0.1, -0.05) is 29.3 Å². The molecule has 0 saturated carbocycles.